The first-order chi connectivity index (χ1) is 5.40. The highest BCUT2D eigenvalue weighted by atomic mass is 35.7. The molecular weight excluding hydrogens is 202 g/mol. The molecule has 70 valence electrons. The lowest BCUT2D eigenvalue weighted by molar-refractivity contribution is -0.129. The van der Waals surface area contributed by atoms with Crippen LogP contribution in [0, 0.1) is 5.92 Å². The summed E-state index contributed by atoms with van der Waals surface area (Å²) in [5.74, 6) is -0.797. The van der Waals surface area contributed by atoms with Gasteiger partial charge in [-0.15, -0.1) is 0 Å². The molecule has 0 aromatic carbocycles. The Morgan fingerprint density at radius 1 is 1.67 bits per heavy atom. The molecule has 1 heterocycles. The third kappa shape index (κ3) is 2.35. The first-order valence-electron chi connectivity index (χ1n) is 3.57. The zero-order valence-electron chi connectivity index (χ0n) is 6.66. The average molecular weight is 212 g/mol. The van der Waals surface area contributed by atoms with E-state index in [4.69, 9.17) is 10.7 Å². The quantitative estimate of drug-likeness (QED) is 0.606. The number of amides is 1. The van der Waals surface area contributed by atoms with Gasteiger partial charge in [0.05, 0.1) is 11.7 Å². The number of rotatable bonds is 2. The van der Waals surface area contributed by atoms with E-state index in [1.54, 1.807) is 7.05 Å². The smallest absolute Gasteiger partial charge is 0.233 e. The van der Waals surface area contributed by atoms with Crippen molar-refractivity contribution in [3.63, 3.8) is 0 Å². The number of likely N-dealkylation sites (tertiary alicyclic amines) is 1. The van der Waals surface area contributed by atoms with E-state index in [0.717, 1.165) is 0 Å². The van der Waals surface area contributed by atoms with Crippen LogP contribution in [0.1, 0.15) is 6.42 Å². The number of carbonyl (C=O) groups excluding carboxylic acids is 1. The van der Waals surface area contributed by atoms with E-state index in [0.29, 0.717) is 13.0 Å². The van der Waals surface area contributed by atoms with Crippen LogP contribution >= 0.6 is 10.7 Å². The second-order valence-corrected chi connectivity index (χ2v) is 5.77. The molecule has 0 bridgehead atoms. The van der Waals surface area contributed by atoms with Crippen LogP contribution in [-0.4, -0.2) is 38.6 Å². The molecule has 4 nitrogen and oxygen atoms in total. The maximum atomic E-state index is 11.2. The van der Waals surface area contributed by atoms with Crippen molar-refractivity contribution in [2.75, 3.05) is 19.3 Å². The molecule has 0 aromatic rings. The second kappa shape index (κ2) is 3.22. The van der Waals surface area contributed by atoms with Crippen molar-refractivity contribution >= 4 is 25.6 Å². The van der Waals surface area contributed by atoms with Gasteiger partial charge in [-0.2, -0.15) is 0 Å². The lowest BCUT2D eigenvalue weighted by Crippen LogP contribution is -2.25. The van der Waals surface area contributed by atoms with Crippen LogP contribution in [-0.2, 0) is 13.8 Å². The Morgan fingerprint density at radius 3 is 2.58 bits per heavy atom. The van der Waals surface area contributed by atoms with Crippen LogP contribution in [0.15, 0.2) is 0 Å². The van der Waals surface area contributed by atoms with Crippen LogP contribution in [0.25, 0.3) is 0 Å². The summed E-state index contributed by atoms with van der Waals surface area (Å²) < 4.78 is 21.3. The SMILES string of the molecule is CN1CCC(CS(=O)(=O)Cl)C1=O. The average Bonchev–Trinajstić information content (AvgIpc) is 2.16. The summed E-state index contributed by atoms with van der Waals surface area (Å²) in [6.07, 6.45) is 0.585. The minimum atomic E-state index is -3.54. The zero-order chi connectivity index (χ0) is 9.35. The molecule has 1 unspecified atom stereocenters. The molecule has 1 amide bonds. The summed E-state index contributed by atoms with van der Waals surface area (Å²) >= 11 is 0. The van der Waals surface area contributed by atoms with Gasteiger partial charge < -0.3 is 4.90 Å². The fourth-order valence-corrected chi connectivity index (χ4v) is 2.54. The van der Waals surface area contributed by atoms with E-state index in [-0.39, 0.29) is 11.7 Å². The van der Waals surface area contributed by atoms with Crippen molar-refractivity contribution in [1.82, 2.24) is 4.90 Å². The highest BCUT2D eigenvalue weighted by Crippen LogP contribution is 2.19. The van der Waals surface area contributed by atoms with Gasteiger partial charge in [-0.05, 0) is 6.42 Å². The van der Waals surface area contributed by atoms with Gasteiger partial charge in [0.15, 0.2) is 0 Å². The largest absolute Gasteiger partial charge is 0.345 e. The van der Waals surface area contributed by atoms with Gasteiger partial charge >= 0.3 is 0 Å². The molecule has 12 heavy (non-hydrogen) atoms. The molecule has 1 rings (SSSR count). The predicted molar refractivity (Wildman–Crippen MR) is 45.4 cm³/mol. The van der Waals surface area contributed by atoms with Crippen LogP contribution in [0.5, 0.6) is 0 Å². The summed E-state index contributed by atoms with van der Waals surface area (Å²) in [5, 5.41) is 0. The standard InChI is InChI=1S/C6H10ClNO3S/c1-8-3-2-5(6(8)9)4-12(7,10)11/h5H,2-4H2,1H3. The van der Waals surface area contributed by atoms with Crippen molar-refractivity contribution in [3.05, 3.63) is 0 Å². The van der Waals surface area contributed by atoms with Crippen LogP contribution in [0.2, 0.25) is 0 Å². The lowest BCUT2D eigenvalue weighted by atomic mass is 10.1. The van der Waals surface area contributed by atoms with Crippen molar-refractivity contribution < 1.29 is 13.2 Å². The fraction of sp³-hybridized carbons (Fsp3) is 0.833. The van der Waals surface area contributed by atoms with Crippen molar-refractivity contribution in [2.45, 2.75) is 6.42 Å². The fourth-order valence-electron chi connectivity index (χ4n) is 1.29. The Morgan fingerprint density at radius 2 is 2.25 bits per heavy atom. The van der Waals surface area contributed by atoms with Gasteiger partial charge in [-0.1, -0.05) is 0 Å². The number of nitrogens with zero attached hydrogens (tertiary/aromatic N) is 1. The Bertz CT molecular complexity index is 287. The summed E-state index contributed by atoms with van der Waals surface area (Å²) in [7, 11) is 3.14. The Balaban J connectivity index is 2.62. The predicted octanol–water partition coefficient (Wildman–Crippen LogP) is 0.0333. The van der Waals surface area contributed by atoms with Gasteiger partial charge in [-0.25, -0.2) is 8.42 Å². The summed E-state index contributed by atoms with van der Waals surface area (Å²) in [6.45, 7) is 0.621. The molecule has 0 aromatic heterocycles. The van der Waals surface area contributed by atoms with Gasteiger partial charge in [0, 0.05) is 24.3 Å². The van der Waals surface area contributed by atoms with Gasteiger partial charge in [0.25, 0.3) is 0 Å². The third-order valence-corrected chi connectivity index (χ3v) is 3.12. The Hall–Kier alpha value is -0.290. The lowest BCUT2D eigenvalue weighted by Gasteiger charge is -2.07. The normalized spacial score (nSPS) is 25.0. The summed E-state index contributed by atoms with van der Waals surface area (Å²) in [5.41, 5.74) is 0. The van der Waals surface area contributed by atoms with Crippen LogP contribution < -0.4 is 0 Å². The molecule has 0 aliphatic carbocycles. The molecule has 0 radical (unpaired) electrons. The van der Waals surface area contributed by atoms with Gasteiger partial charge in [-0.3, -0.25) is 4.79 Å². The van der Waals surface area contributed by atoms with Crippen molar-refractivity contribution in [1.29, 1.82) is 0 Å². The molecule has 1 saturated heterocycles. The number of hydrogen-bond acceptors (Lipinski definition) is 3. The monoisotopic (exact) mass is 211 g/mol. The maximum absolute atomic E-state index is 11.2. The molecule has 1 atom stereocenters. The number of halogens is 1. The highest BCUT2D eigenvalue weighted by Gasteiger charge is 2.32. The summed E-state index contributed by atoms with van der Waals surface area (Å²) in [4.78, 5) is 12.7. The van der Waals surface area contributed by atoms with Crippen molar-refractivity contribution in [2.24, 2.45) is 5.92 Å². The van der Waals surface area contributed by atoms with E-state index in [1.807, 2.05) is 0 Å². The van der Waals surface area contributed by atoms with Gasteiger partial charge in [0.2, 0.25) is 15.0 Å². The van der Waals surface area contributed by atoms with E-state index in [1.165, 1.54) is 4.90 Å². The molecule has 1 fully saturated rings. The van der Waals surface area contributed by atoms with Crippen LogP contribution in [0.3, 0.4) is 0 Å². The molecule has 6 heteroatoms. The Kier molecular flexibility index (Phi) is 2.63. The molecule has 0 spiro atoms. The third-order valence-electron chi connectivity index (χ3n) is 1.94. The second-order valence-electron chi connectivity index (χ2n) is 2.95. The molecule has 1 aliphatic rings. The van der Waals surface area contributed by atoms with E-state index in [2.05, 4.69) is 0 Å². The minimum Gasteiger partial charge on any atom is -0.345 e. The maximum Gasteiger partial charge on any atom is 0.233 e. The van der Waals surface area contributed by atoms with E-state index < -0.39 is 15.0 Å². The molecular formula is C6H10ClNO3S. The number of hydrogen-bond donors (Lipinski definition) is 0. The zero-order valence-corrected chi connectivity index (χ0v) is 8.23. The van der Waals surface area contributed by atoms with Gasteiger partial charge in [0.1, 0.15) is 0 Å². The molecule has 0 saturated carbocycles. The molecule has 1 aliphatic heterocycles. The number of carbonyl (C=O) groups is 1. The first kappa shape index (κ1) is 9.80. The molecule has 0 N–H and O–H groups in total. The first-order valence-corrected chi connectivity index (χ1v) is 6.05. The Labute approximate surface area is 75.9 Å². The topological polar surface area (TPSA) is 54.5 Å². The minimum absolute atomic E-state index is 0.126. The summed E-state index contributed by atoms with van der Waals surface area (Å²) in [6, 6.07) is 0. The highest BCUT2D eigenvalue weighted by molar-refractivity contribution is 8.13. The van der Waals surface area contributed by atoms with Crippen molar-refractivity contribution in [3.8, 4) is 0 Å². The van der Waals surface area contributed by atoms with E-state index >= 15 is 0 Å². The van der Waals surface area contributed by atoms with Crippen LogP contribution in [0.4, 0.5) is 0 Å². The van der Waals surface area contributed by atoms with E-state index in [9.17, 15) is 13.2 Å².